The van der Waals surface area contributed by atoms with E-state index in [0.29, 0.717) is 37.3 Å². The van der Waals surface area contributed by atoms with Gasteiger partial charge in [0.2, 0.25) is 5.91 Å². The SMILES string of the molecule is COc1ccc(/C=C/C(=O)NCCCN=C(N)N)cc1OC.CS(=O)(=O)O. The maximum Gasteiger partial charge on any atom is 0.261 e. The summed E-state index contributed by atoms with van der Waals surface area (Å²) in [4.78, 5) is 15.5. The Morgan fingerprint density at radius 3 is 2.37 bits per heavy atom. The Labute approximate surface area is 159 Å². The van der Waals surface area contributed by atoms with E-state index in [2.05, 4.69) is 10.3 Å². The molecule has 0 unspecified atom stereocenters. The highest BCUT2D eigenvalue weighted by molar-refractivity contribution is 7.85. The number of guanidine groups is 1. The van der Waals surface area contributed by atoms with Crippen LogP contribution in [0.25, 0.3) is 6.08 Å². The zero-order chi connectivity index (χ0) is 20.9. The minimum Gasteiger partial charge on any atom is -0.493 e. The van der Waals surface area contributed by atoms with Crippen molar-refractivity contribution in [2.24, 2.45) is 16.5 Å². The molecule has 1 aromatic rings. The molecule has 1 rings (SSSR count). The number of nitrogens with two attached hydrogens (primary N) is 2. The van der Waals surface area contributed by atoms with Crippen LogP contribution in [-0.2, 0) is 14.9 Å². The number of benzene rings is 1. The van der Waals surface area contributed by atoms with Crippen LogP contribution in [0.3, 0.4) is 0 Å². The molecular formula is C16H26N4O6S. The molecule has 1 aromatic carbocycles. The maximum atomic E-state index is 11.7. The first kappa shape index (κ1) is 24.2. The number of rotatable bonds is 8. The molecule has 0 saturated heterocycles. The van der Waals surface area contributed by atoms with Gasteiger partial charge in [-0.05, 0) is 30.2 Å². The largest absolute Gasteiger partial charge is 0.493 e. The summed E-state index contributed by atoms with van der Waals surface area (Å²) in [7, 11) is -0.530. The van der Waals surface area contributed by atoms with E-state index < -0.39 is 10.1 Å². The second-order valence-corrected chi connectivity index (χ2v) is 6.60. The predicted molar refractivity (Wildman–Crippen MR) is 104 cm³/mol. The summed E-state index contributed by atoms with van der Waals surface area (Å²) in [6.07, 6.45) is 4.55. The van der Waals surface area contributed by atoms with Crippen molar-refractivity contribution in [3.05, 3.63) is 29.8 Å². The Morgan fingerprint density at radius 1 is 1.26 bits per heavy atom. The van der Waals surface area contributed by atoms with Crippen LogP contribution in [0.5, 0.6) is 11.5 Å². The van der Waals surface area contributed by atoms with Gasteiger partial charge < -0.3 is 26.3 Å². The van der Waals surface area contributed by atoms with Gasteiger partial charge in [-0.15, -0.1) is 0 Å². The highest BCUT2D eigenvalue weighted by Crippen LogP contribution is 2.27. The summed E-state index contributed by atoms with van der Waals surface area (Å²) < 4.78 is 36.2. The maximum absolute atomic E-state index is 11.7. The van der Waals surface area contributed by atoms with Crippen molar-refractivity contribution in [3.63, 3.8) is 0 Å². The van der Waals surface area contributed by atoms with Gasteiger partial charge >= 0.3 is 0 Å². The van der Waals surface area contributed by atoms with Crippen LogP contribution in [0.15, 0.2) is 29.3 Å². The number of nitrogens with zero attached hydrogens (tertiary/aromatic N) is 1. The molecule has 0 fully saturated rings. The van der Waals surface area contributed by atoms with Crippen LogP contribution in [0.2, 0.25) is 0 Å². The molecule has 0 aliphatic heterocycles. The molecule has 0 heterocycles. The fraction of sp³-hybridized carbons (Fsp3) is 0.375. The molecule has 6 N–H and O–H groups in total. The van der Waals surface area contributed by atoms with Gasteiger partial charge in [-0.3, -0.25) is 14.3 Å². The van der Waals surface area contributed by atoms with E-state index in [1.54, 1.807) is 32.4 Å². The number of carbonyl (C=O) groups is 1. The third kappa shape index (κ3) is 14.1. The van der Waals surface area contributed by atoms with Crippen molar-refractivity contribution in [1.82, 2.24) is 5.32 Å². The molecule has 0 spiro atoms. The highest BCUT2D eigenvalue weighted by atomic mass is 32.2. The lowest BCUT2D eigenvalue weighted by atomic mass is 10.2. The van der Waals surface area contributed by atoms with Crippen LogP contribution in [0, 0.1) is 0 Å². The normalized spacial score (nSPS) is 10.5. The minimum atomic E-state index is -3.67. The standard InChI is InChI=1S/C15H22N4O3.CH4O3S/c1-21-12-6-4-11(10-13(12)22-2)5-7-14(20)18-8-3-9-19-15(16)17;1-5(2,3)4/h4-7,10H,3,8-9H2,1-2H3,(H,18,20)(H4,16,17,19);1H3,(H,2,3,4)/b7-5+;. The fourth-order valence-corrected chi connectivity index (χ4v) is 1.69. The number of ether oxygens (including phenoxy) is 2. The molecule has 0 aliphatic rings. The number of amides is 1. The Balaban J connectivity index is 0.00000119. The van der Waals surface area contributed by atoms with Gasteiger partial charge in [0, 0.05) is 19.2 Å². The highest BCUT2D eigenvalue weighted by Gasteiger charge is 2.03. The Hall–Kier alpha value is -2.79. The Kier molecular flexibility index (Phi) is 11.2. The van der Waals surface area contributed by atoms with Crippen LogP contribution in [0.4, 0.5) is 0 Å². The van der Waals surface area contributed by atoms with E-state index in [4.69, 9.17) is 25.5 Å². The summed E-state index contributed by atoms with van der Waals surface area (Å²) in [5.74, 6) is 1.13. The smallest absolute Gasteiger partial charge is 0.261 e. The van der Waals surface area contributed by atoms with E-state index in [0.717, 1.165) is 5.56 Å². The lowest BCUT2D eigenvalue weighted by Crippen LogP contribution is -2.25. The van der Waals surface area contributed by atoms with E-state index in [1.807, 2.05) is 6.07 Å². The van der Waals surface area contributed by atoms with Gasteiger partial charge in [-0.1, -0.05) is 6.07 Å². The summed E-state index contributed by atoms with van der Waals surface area (Å²) in [5.41, 5.74) is 11.2. The lowest BCUT2D eigenvalue weighted by molar-refractivity contribution is -0.116. The molecule has 152 valence electrons. The van der Waals surface area contributed by atoms with Crippen molar-refractivity contribution in [1.29, 1.82) is 0 Å². The molecule has 0 atom stereocenters. The molecule has 10 nitrogen and oxygen atoms in total. The van der Waals surface area contributed by atoms with Crippen molar-refractivity contribution in [3.8, 4) is 11.5 Å². The van der Waals surface area contributed by atoms with Crippen molar-refractivity contribution >= 4 is 28.1 Å². The summed E-state index contributed by atoms with van der Waals surface area (Å²) >= 11 is 0. The zero-order valence-electron chi connectivity index (χ0n) is 15.5. The van der Waals surface area contributed by atoms with Crippen molar-refractivity contribution in [2.45, 2.75) is 6.42 Å². The molecule has 0 saturated carbocycles. The van der Waals surface area contributed by atoms with Crippen LogP contribution in [-0.4, -0.2) is 58.4 Å². The summed E-state index contributed by atoms with van der Waals surface area (Å²) in [6.45, 7) is 0.994. The molecule has 11 heteroatoms. The van der Waals surface area contributed by atoms with Gasteiger partial charge in [0.05, 0.1) is 20.5 Å². The van der Waals surface area contributed by atoms with E-state index in [1.165, 1.54) is 6.08 Å². The van der Waals surface area contributed by atoms with E-state index in [9.17, 15) is 13.2 Å². The lowest BCUT2D eigenvalue weighted by Gasteiger charge is -2.07. The number of hydrogen-bond acceptors (Lipinski definition) is 6. The van der Waals surface area contributed by atoms with Crippen LogP contribution >= 0.6 is 0 Å². The van der Waals surface area contributed by atoms with Crippen LogP contribution < -0.4 is 26.3 Å². The molecule has 0 aliphatic carbocycles. The summed E-state index contributed by atoms with van der Waals surface area (Å²) in [5, 5.41) is 2.75. The van der Waals surface area contributed by atoms with Crippen molar-refractivity contribution in [2.75, 3.05) is 33.6 Å². The van der Waals surface area contributed by atoms with Gasteiger partial charge in [-0.25, -0.2) is 0 Å². The first-order valence-electron chi connectivity index (χ1n) is 7.72. The first-order valence-corrected chi connectivity index (χ1v) is 9.57. The zero-order valence-corrected chi connectivity index (χ0v) is 16.3. The van der Waals surface area contributed by atoms with Gasteiger partial charge in [-0.2, -0.15) is 8.42 Å². The second-order valence-electron chi connectivity index (χ2n) is 5.13. The minimum absolute atomic E-state index is 0.0553. The number of methoxy groups -OCH3 is 2. The number of carbonyl (C=O) groups excluding carboxylic acids is 1. The predicted octanol–water partition coefficient (Wildman–Crippen LogP) is 0.000700. The quantitative estimate of drug-likeness (QED) is 0.155. The van der Waals surface area contributed by atoms with Crippen LogP contribution in [0.1, 0.15) is 12.0 Å². The molecule has 0 radical (unpaired) electrons. The fourth-order valence-electron chi connectivity index (χ4n) is 1.69. The third-order valence-electron chi connectivity index (χ3n) is 2.76. The third-order valence-corrected chi connectivity index (χ3v) is 2.76. The van der Waals surface area contributed by atoms with Gasteiger partial charge in [0.25, 0.3) is 10.1 Å². The number of nitrogens with one attached hydrogen (secondary N) is 1. The molecular weight excluding hydrogens is 376 g/mol. The molecule has 0 bridgehead atoms. The second kappa shape index (κ2) is 12.5. The van der Waals surface area contributed by atoms with Gasteiger partial charge in [0.15, 0.2) is 17.5 Å². The Bertz CT molecular complexity index is 750. The number of aliphatic imine (C=N–C) groups is 1. The average Bonchev–Trinajstić information content (AvgIpc) is 2.57. The van der Waals surface area contributed by atoms with E-state index in [-0.39, 0.29) is 11.9 Å². The molecule has 1 amide bonds. The molecule has 0 aromatic heterocycles. The number of hydrogen-bond donors (Lipinski definition) is 4. The topological polar surface area (TPSA) is 166 Å². The average molecular weight is 402 g/mol. The first-order chi connectivity index (χ1) is 12.6. The van der Waals surface area contributed by atoms with E-state index >= 15 is 0 Å². The van der Waals surface area contributed by atoms with Crippen molar-refractivity contribution < 1.29 is 27.2 Å². The monoisotopic (exact) mass is 402 g/mol. The molecule has 27 heavy (non-hydrogen) atoms. The summed E-state index contributed by atoms with van der Waals surface area (Å²) in [6, 6.07) is 5.41. The van der Waals surface area contributed by atoms with Gasteiger partial charge in [0.1, 0.15) is 0 Å². The Morgan fingerprint density at radius 2 is 1.85 bits per heavy atom.